The Labute approximate surface area is 137 Å². The molecule has 0 heterocycles. The van der Waals surface area contributed by atoms with Gasteiger partial charge in [0.2, 0.25) is 5.91 Å². The summed E-state index contributed by atoms with van der Waals surface area (Å²) in [5, 5.41) is 3.05. The molecule has 0 saturated heterocycles. The maximum absolute atomic E-state index is 12.0. The first kappa shape index (κ1) is 16.6. The van der Waals surface area contributed by atoms with Crippen molar-refractivity contribution in [1.29, 1.82) is 0 Å². The Bertz CT molecular complexity index is 604. The van der Waals surface area contributed by atoms with Crippen LogP contribution in [0.4, 0.5) is 0 Å². The highest BCUT2D eigenvalue weighted by Gasteiger charge is 2.09. The summed E-state index contributed by atoms with van der Waals surface area (Å²) in [6, 6.07) is 16.8. The van der Waals surface area contributed by atoms with Gasteiger partial charge >= 0.3 is 0 Å². The van der Waals surface area contributed by atoms with Crippen molar-refractivity contribution in [2.75, 3.05) is 5.75 Å². The van der Waals surface area contributed by atoms with E-state index >= 15 is 0 Å². The highest BCUT2D eigenvalue weighted by molar-refractivity contribution is 7.99. The Morgan fingerprint density at radius 1 is 1.00 bits per heavy atom. The molecular weight excluding hydrogens is 290 g/mol. The van der Waals surface area contributed by atoms with Gasteiger partial charge in [0.05, 0.1) is 11.8 Å². The quantitative estimate of drug-likeness (QED) is 0.855. The molecule has 0 aliphatic rings. The zero-order valence-corrected chi connectivity index (χ0v) is 14.2. The third-order valence-electron chi connectivity index (χ3n) is 3.58. The summed E-state index contributed by atoms with van der Waals surface area (Å²) in [4.78, 5) is 12.0. The lowest BCUT2D eigenvalue weighted by molar-refractivity contribution is -0.119. The molecule has 0 aromatic heterocycles. The van der Waals surface area contributed by atoms with E-state index in [1.54, 1.807) is 11.8 Å². The summed E-state index contributed by atoms with van der Waals surface area (Å²) in [7, 11) is 0. The molecule has 0 radical (unpaired) electrons. The van der Waals surface area contributed by atoms with Gasteiger partial charge in [0.25, 0.3) is 0 Å². The van der Waals surface area contributed by atoms with Gasteiger partial charge in [0.1, 0.15) is 0 Å². The first-order valence-electron chi connectivity index (χ1n) is 7.54. The topological polar surface area (TPSA) is 29.1 Å². The molecular formula is C19H23NOS. The average Bonchev–Trinajstić information content (AvgIpc) is 2.50. The van der Waals surface area contributed by atoms with Crippen LogP contribution in [0.5, 0.6) is 0 Å². The normalized spacial score (nSPS) is 12.0. The Kier molecular flexibility index (Phi) is 6.08. The standard InChI is InChI=1S/C19H23NOS/c1-14-4-8-17(9-5-14)12-22-13-19(21)20-16(3)18-10-6-15(2)7-11-18/h4-11,16H,12-13H2,1-3H3,(H,20,21). The minimum absolute atomic E-state index is 0.0491. The second-order valence-corrected chi connectivity index (χ2v) is 6.66. The van der Waals surface area contributed by atoms with Gasteiger partial charge in [0, 0.05) is 5.75 Å². The molecule has 1 unspecified atom stereocenters. The fourth-order valence-electron chi connectivity index (χ4n) is 2.17. The molecule has 0 aliphatic carbocycles. The van der Waals surface area contributed by atoms with Crippen LogP contribution in [0.1, 0.15) is 35.2 Å². The minimum Gasteiger partial charge on any atom is -0.349 e. The lowest BCUT2D eigenvalue weighted by atomic mass is 10.1. The molecule has 0 bridgehead atoms. The summed E-state index contributed by atoms with van der Waals surface area (Å²) in [5.74, 6) is 1.45. The summed E-state index contributed by atoms with van der Waals surface area (Å²) in [6.07, 6.45) is 0. The fraction of sp³-hybridized carbons (Fsp3) is 0.316. The van der Waals surface area contributed by atoms with E-state index in [-0.39, 0.29) is 11.9 Å². The third-order valence-corrected chi connectivity index (χ3v) is 4.58. The molecule has 0 fully saturated rings. The molecule has 116 valence electrons. The van der Waals surface area contributed by atoms with E-state index in [2.05, 4.69) is 67.7 Å². The molecule has 1 N–H and O–H groups in total. The largest absolute Gasteiger partial charge is 0.349 e. The van der Waals surface area contributed by atoms with Gasteiger partial charge in [0.15, 0.2) is 0 Å². The second-order valence-electron chi connectivity index (χ2n) is 5.68. The van der Waals surface area contributed by atoms with Crippen LogP contribution >= 0.6 is 11.8 Å². The van der Waals surface area contributed by atoms with Crippen molar-refractivity contribution in [1.82, 2.24) is 5.32 Å². The van der Waals surface area contributed by atoms with E-state index in [4.69, 9.17) is 0 Å². The first-order valence-corrected chi connectivity index (χ1v) is 8.69. The van der Waals surface area contributed by atoms with Crippen LogP contribution in [-0.4, -0.2) is 11.7 Å². The fourth-order valence-corrected chi connectivity index (χ4v) is 2.97. The number of carbonyl (C=O) groups excluding carboxylic acids is 1. The van der Waals surface area contributed by atoms with Crippen LogP contribution in [0.15, 0.2) is 48.5 Å². The van der Waals surface area contributed by atoms with Crippen molar-refractivity contribution >= 4 is 17.7 Å². The number of aryl methyl sites for hydroxylation is 2. The lowest BCUT2D eigenvalue weighted by Crippen LogP contribution is -2.28. The van der Waals surface area contributed by atoms with Crippen molar-refractivity contribution in [2.24, 2.45) is 0 Å². The number of hydrogen-bond acceptors (Lipinski definition) is 2. The van der Waals surface area contributed by atoms with E-state index < -0.39 is 0 Å². The third kappa shape index (κ3) is 5.23. The number of carbonyl (C=O) groups is 1. The first-order chi connectivity index (χ1) is 10.5. The van der Waals surface area contributed by atoms with Crippen molar-refractivity contribution < 1.29 is 4.79 Å². The van der Waals surface area contributed by atoms with Gasteiger partial charge in [-0.1, -0.05) is 59.7 Å². The van der Waals surface area contributed by atoms with Crippen LogP contribution in [0, 0.1) is 13.8 Å². The number of nitrogens with one attached hydrogen (secondary N) is 1. The van der Waals surface area contributed by atoms with Gasteiger partial charge in [-0.2, -0.15) is 0 Å². The molecule has 2 aromatic rings. The van der Waals surface area contributed by atoms with Crippen molar-refractivity contribution in [3.8, 4) is 0 Å². The zero-order chi connectivity index (χ0) is 15.9. The number of benzene rings is 2. The van der Waals surface area contributed by atoms with Gasteiger partial charge < -0.3 is 5.32 Å². The highest BCUT2D eigenvalue weighted by Crippen LogP contribution is 2.15. The summed E-state index contributed by atoms with van der Waals surface area (Å²) in [5.41, 5.74) is 4.90. The molecule has 22 heavy (non-hydrogen) atoms. The van der Waals surface area contributed by atoms with E-state index in [9.17, 15) is 4.79 Å². The second kappa shape index (κ2) is 8.04. The number of hydrogen-bond donors (Lipinski definition) is 1. The number of amides is 1. The van der Waals surface area contributed by atoms with Crippen LogP contribution in [0.25, 0.3) is 0 Å². The maximum atomic E-state index is 12.0. The Morgan fingerprint density at radius 3 is 2.14 bits per heavy atom. The van der Waals surface area contributed by atoms with Crippen LogP contribution in [-0.2, 0) is 10.5 Å². The monoisotopic (exact) mass is 313 g/mol. The van der Waals surface area contributed by atoms with Crippen molar-refractivity contribution in [2.45, 2.75) is 32.6 Å². The predicted molar refractivity (Wildman–Crippen MR) is 95.1 cm³/mol. The Hall–Kier alpha value is -1.74. The molecule has 2 rings (SSSR count). The number of rotatable bonds is 6. The van der Waals surface area contributed by atoms with Gasteiger partial charge in [-0.25, -0.2) is 0 Å². The van der Waals surface area contributed by atoms with Gasteiger partial charge in [-0.05, 0) is 31.9 Å². The summed E-state index contributed by atoms with van der Waals surface area (Å²) >= 11 is 1.65. The Balaban J connectivity index is 1.75. The summed E-state index contributed by atoms with van der Waals surface area (Å²) < 4.78 is 0. The highest BCUT2D eigenvalue weighted by atomic mass is 32.2. The van der Waals surface area contributed by atoms with Crippen molar-refractivity contribution in [3.05, 3.63) is 70.8 Å². The molecule has 0 spiro atoms. The molecule has 0 aliphatic heterocycles. The van der Waals surface area contributed by atoms with E-state index in [1.807, 2.05) is 6.92 Å². The van der Waals surface area contributed by atoms with Crippen LogP contribution < -0.4 is 5.32 Å². The molecule has 3 heteroatoms. The van der Waals surface area contributed by atoms with E-state index in [0.717, 1.165) is 11.3 Å². The smallest absolute Gasteiger partial charge is 0.230 e. The minimum atomic E-state index is 0.0491. The lowest BCUT2D eigenvalue weighted by Gasteiger charge is -2.14. The molecule has 2 aromatic carbocycles. The summed E-state index contributed by atoms with van der Waals surface area (Å²) in [6.45, 7) is 6.17. The zero-order valence-electron chi connectivity index (χ0n) is 13.4. The number of thioether (sulfide) groups is 1. The predicted octanol–water partition coefficient (Wildman–Crippen LogP) is 4.41. The molecule has 1 amide bonds. The molecule has 2 nitrogen and oxygen atoms in total. The molecule has 1 atom stereocenters. The van der Waals surface area contributed by atoms with E-state index in [0.29, 0.717) is 5.75 Å². The van der Waals surface area contributed by atoms with Crippen LogP contribution in [0.2, 0.25) is 0 Å². The maximum Gasteiger partial charge on any atom is 0.230 e. The van der Waals surface area contributed by atoms with Crippen LogP contribution in [0.3, 0.4) is 0 Å². The average molecular weight is 313 g/mol. The van der Waals surface area contributed by atoms with Gasteiger partial charge in [-0.3, -0.25) is 4.79 Å². The SMILES string of the molecule is Cc1ccc(CSCC(=O)NC(C)c2ccc(C)cc2)cc1. The van der Waals surface area contributed by atoms with Gasteiger partial charge in [-0.15, -0.1) is 11.8 Å². The molecule has 0 saturated carbocycles. The van der Waals surface area contributed by atoms with Crippen molar-refractivity contribution in [3.63, 3.8) is 0 Å². The van der Waals surface area contributed by atoms with E-state index in [1.165, 1.54) is 16.7 Å². The Morgan fingerprint density at radius 2 is 1.55 bits per heavy atom.